The molecule has 0 saturated heterocycles. The highest BCUT2D eigenvalue weighted by Gasteiger charge is 2.34. The number of ether oxygens (including phenoxy) is 1. The van der Waals surface area contributed by atoms with Crippen LogP contribution in [0.15, 0.2) is 42.7 Å². The summed E-state index contributed by atoms with van der Waals surface area (Å²) in [5, 5.41) is 15.5. The minimum absolute atomic E-state index is 0.00403. The summed E-state index contributed by atoms with van der Waals surface area (Å²) in [6.07, 6.45) is 2.65. The van der Waals surface area contributed by atoms with E-state index in [1.165, 1.54) is 12.4 Å². The summed E-state index contributed by atoms with van der Waals surface area (Å²) in [4.78, 5) is 45.7. The highest BCUT2D eigenvalue weighted by Crippen LogP contribution is 2.31. The van der Waals surface area contributed by atoms with Crippen LogP contribution in [-0.4, -0.2) is 82.7 Å². The smallest absolute Gasteiger partial charge is 0.317 e. The van der Waals surface area contributed by atoms with Crippen LogP contribution in [0.25, 0.3) is 0 Å². The Balaban J connectivity index is 1.92. The summed E-state index contributed by atoms with van der Waals surface area (Å²) in [6.45, 7) is 7.95. The van der Waals surface area contributed by atoms with Gasteiger partial charge in [0, 0.05) is 49.2 Å². The molecule has 0 saturated carbocycles. The number of hydrogen-bond acceptors (Lipinski definition) is 6. The number of aromatic nitrogens is 1. The molecule has 0 spiro atoms. The zero-order valence-corrected chi connectivity index (χ0v) is 21.4. The van der Waals surface area contributed by atoms with Gasteiger partial charge in [0.15, 0.2) is 0 Å². The molecule has 194 valence electrons. The van der Waals surface area contributed by atoms with Crippen LogP contribution in [0.1, 0.15) is 48.4 Å². The van der Waals surface area contributed by atoms with Gasteiger partial charge in [0.1, 0.15) is 11.9 Å². The molecule has 2 heterocycles. The number of pyridine rings is 1. The van der Waals surface area contributed by atoms with Crippen molar-refractivity contribution in [2.75, 3.05) is 32.1 Å². The molecule has 10 nitrogen and oxygen atoms in total. The Labute approximate surface area is 211 Å². The lowest BCUT2D eigenvalue weighted by Crippen LogP contribution is -2.51. The van der Waals surface area contributed by atoms with Crippen LogP contribution in [0.3, 0.4) is 0 Å². The summed E-state index contributed by atoms with van der Waals surface area (Å²) >= 11 is 0. The van der Waals surface area contributed by atoms with Gasteiger partial charge >= 0.3 is 6.03 Å². The van der Waals surface area contributed by atoms with E-state index in [2.05, 4.69) is 15.6 Å². The Morgan fingerprint density at radius 2 is 1.92 bits per heavy atom. The van der Waals surface area contributed by atoms with Gasteiger partial charge in [-0.15, -0.1) is 0 Å². The summed E-state index contributed by atoms with van der Waals surface area (Å²) < 4.78 is 6.30. The van der Waals surface area contributed by atoms with E-state index in [1.807, 2.05) is 20.8 Å². The maximum atomic E-state index is 13.5. The SMILES string of the molecule is CC(C)NC(=O)N(C)C[C@H]1Oc2ccc(NC(=O)c3ccncc3)cc2C(=O)N([C@H](C)CO)C[C@H]1C. The standard InChI is InChI=1S/C26H35N5O5/c1-16(2)28-26(35)30(5)14-23-17(3)13-31(18(4)15-32)25(34)21-12-20(6-7-22(21)36-23)29-24(33)19-8-10-27-11-9-19/h6-12,16-18,23,32H,13-15H2,1-5H3,(H,28,35)(H,29,33)/t17-,18-,23-/m1/s1. The van der Waals surface area contributed by atoms with E-state index in [0.29, 0.717) is 30.1 Å². The lowest BCUT2D eigenvalue weighted by molar-refractivity contribution is 0.0366. The average molecular weight is 498 g/mol. The third-order valence-electron chi connectivity index (χ3n) is 6.08. The summed E-state index contributed by atoms with van der Waals surface area (Å²) in [5.41, 5.74) is 1.14. The number of fused-ring (bicyclic) bond motifs is 1. The third-order valence-corrected chi connectivity index (χ3v) is 6.08. The Morgan fingerprint density at radius 1 is 1.22 bits per heavy atom. The minimum atomic E-state index is -0.427. The lowest BCUT2D eigenvalue weighted by atomic mass is 9.99. The molecular formula is C26H35N5O5. The summed E-state index contributed by atoms with van der Waals surface area (Å²) in [5.74, 6) is -0.410. The topological polar surface area (TPSA) is 124 Å². The number of aliphatic hydroxyl groups is 1. The van der Waals surface area contributed by atoms with Gasteiger partial charge in [-0.25, -0.2) is 4.79 Å². The lowest BCUT2D eigenvalue weighted by Gasteiger charge is -2.38. The molecule has 0 radical (unpaired) electrons. The number of carbonyl (C=O) groups excluding carboxylic acids is 3. The zero-order valence-electron chi connectivity index (χ0n) is 21.4. The van der Waals surface area contributed by atoms with Gasteiger partial charge in [-0.3, -0.25) is 14.6 Å². The van der Waals surface area contributed by atoms with Crippen LogP contribution < -0.4 is 15.4 Å². The van der Waals surface area contributed by atoms with Crippen LogP contribution >= 0.6 is 0 Å². The fourth-order valence-corrected chi connectivity index (χ4v) is 3.93. The highest BCUT2D eigenvalue weighted by atomic mass is 16.5. The molecule has 2 aromatic rings. The predicted molar refractivity (Wildman–Crippen MR) is 136 cm³/mol. The van der Waals surface area contributed by atoms with E-state index in [-0.39, 0.29) is 42.0 Å². The number of carbonyl (C=O) groups is 3. The molecule has 0 unspecified atom stereocenters. The Kier molecular flexibility index (Phi) is 8.87. The van der Waals surface area contributed by atoms with E-state index >= 15 is 0 Å². The first kappa shape index (κ1) is 26.9. The van der Waals surface area contributed by atoms with Gasteiger partial charge in [-0.05, 0) is 51.1 Å². The first-order valence-corrected chi connectivity index (χ1v) is 12.1. The maximum absolute atomic E-state index is 13.5. The average Bonchev–Trinajstić information content (AvgIpc) is 2.86. The normalized spacial score (nSPS) is 18.4. The number of urea groups is 1. The molecule has 4 amide bonds. The molecule has 0 bridgehead atoms. The Bertz CT molecular complexity index is 1080. The van der Waals surface area contributed by atoms with Crippen LogP contribution in [0.4, 0.5) is 10.5 Å². The molecule has 1 aromatic carbocycles. The van der Waals surface area contributed by atoms with E-state index in [4.69, 9.17) is 4.74 Å². The van der Waals surface area contributed by atoms with Crippen LogP contribution in [0, 0.1) is 5.92 Å². The van der Waals surface area contributed by atoms with Crippen molar-refractivity contribution >= 4 is 23.5 Å². The van der Waals surface area contributed by atoms with E-state index in [1.54, 1.807) is 54.1 Å². The number of aliphatic hydroxyl groups excluding tert-OH is 1. The summed E-state index contributed by atoms with van der Waals surface area (Å²) in [6, 6.07) is 7.45. The van der Waals surface area contributed by atoms with E-state index < -0.39 is 12.1 Å². The van der Waals surface area contributed by atoms with Gasteiger partial charge in [0.2, 0.25) is 0 Å². The van der Waals surface area contributed by atoms with E-state index in [0.717, 1.165) is 0 Å². The number of nitrogens with zero attached hydrogens (tertiary/aromatic N) is 3. The quantitative estimate of drug-likeness (QED) is 0.540. The number of benzene rings is 1. The molecule has 36 heavy (non-hydrogen) atoms. The van der Waals surface area contributed by atoms with Gasteiger partial charge in [0.25, 0.3) is 11.8 Å². The first-order valence-electron chi connectivity index (χ1n) is 12.1. The second-order valence-corrected chi connectivity index (χ2v) is 9.51. The van der Waals surface area contributed by atoms with Gasteiger partial charge in [0.05, 0.1) is 24.8 Å². The molecule has 0 fully saturated rings. The van der Waals surface area contributed by atoms with Crippen molar-refractivity contribution in [3.05, 3.63) is 53.9 Å². The minimum Gasteiger partial charge on any atom is -0.487 e. The second-order valence-electron chi connectivity index (χ2n) is 9.51. The fraction of sp³-hybridized carbons (Fsp3) is 0.462. The number of amides is 4. The molecule has 0 aliphatic carbocycles. The second kappa shape index (κ2) is 11.9. The van der Waals surface area contributed by atoms with Crippen LogP contribution in [0.2, 0.25) is 0 Å². The molecule has 1 aliphatic rings. The van der Waals surface area contributed by atoms with Crippen LogP contribution in [-0.2, 0) is 0 Å². The highest BCUT2D eigenvalue weighted by molar-refractivity contribution is 6.05. The fourth-order valence-electron chi connectivity index (χ4n) is 3.93. The van der Waals surface area contributed by atoms with Crippen molar-refractivity contribution in [3.63, 3.8) is 0 Å². The molecule has 1 aliphatic heterocycles. The van der Waals surface area contributed by atoms with Crippen molar-refractivity contribution < 1.29 is 24.2 Å². The zero-order chi connectivity index (χ0) is 26.4. The number of hydrogen-bond donors (Lipinski definition) is 3. The number of likely N-dealkylation sites (N-methyl/N-ethyl adjacent to an activating group) is 1. The largest absolute Gasteiger partial charge is 0.487 e. The molecule has 3 N–H and O–H groups in total. The first-order chi connectivity index (χ1) is 17.1. The van der Waals surface area contributed by atoms with Crippen molar-refractivity contribution in [3.8, 4) is 5.75 Å². The number of nitrogens with one attached hydrogen (secondary N) is 2. The monoisotopic (exact) mass is 497 g/mol. The molecule has 10 heteroatoms. The predicted octanol–water partition coefficient (Wildman–Crippen LogP) is 2.60. The van der Waals surface area contributed by atoms with Gasteiger partial charge in [-0.2, -0.15) is 0 Å². The van der Waals surface area contributed by atoms with Crippen molar-refractivity contribution in [1.82, 2.24) is 20.1 Å². The Hall–Kier alpha value is -3.66. The van der Waals surface area contributed by atoms with Crippen molar-refractivity contribution in [1.29, 1.82) is 0 Å². The number of rotatable bonds is 7. The van der Waals surface area contributed by atoms with Gasteiger partial charge in [-0.1, -0.05) is 6.92 Å². The van der Waals surface area contributed by atoms with Gasteiger partial charge < -0.3 is 30.3 Å². The maximum Gasteiger partial charge on any atom is 0.317 e. The summed E-state index contributed by atoms with van der Waals surface area (Å²) in [7, 11) is 1.70. The number of anilines is 1. The van der Waals surface area contributed by atoms with Crippen LogP contribution in [0.5, 0.6) is 5.75 Å². The van der Waals surface area contributed by atoms with Crippen molar-refractivity contribution in [2.24, 2.45) is 5.92 Å². The Morgan fingerprint density at radius 3 is 2.56 bits per heavy atom. The van der Waals surface area contributed by atoms with Crippen molar-refractivity contribution in [2.45, 2.75) is 45.9 Å². The third kappa shape index (κ3) is 6.51. The molecular weight excluding hydrogens is 462 g/mol. The molecule has 3 atom stereocenters. The van der Waals surface area contributed by atoms with E-state index in [9.17, 15) is 19.5 Å². The molecule has 3 rings (SSSR count). The molecule has 1 aromatic heterocycles.